The molecule has 38 heavy (non-hydrogen) atoms. The minimum Gasteiger partial charge on any atom is -0.507 e. The third kappa shape index (κ3) is 6.75. The van der Waals surface area contributed by atoms with E-state index in [2.05, 4.69) is 6.58 Å². The third-order valence-corrected chi connectivity index (χ3v) is 6.08. The Morgan fingerprint density at radius 3 is 2.42 bits per heavy atom. The Bertz CT molecular complexity index is 1160. The molecule has 0 aromatic heterocycles. The molecule has 8 nitrogen and oxygen atoms in total. The molecule has 1 aliphatic rings. The highest BCUT2D eigenvalue weighted by molar-refractivity contribution is 6.46. The van der Waals surface area contributed by atoms with Crippen LogP contribution in [0, 0.1) is 0 Å². The average molecular weight is 523 g/mol. The summed E-state index contributed by atoms with van der Waals surface area (Å²) < 4.78 is 17.2. The molecule has 0 spiro atoms. The van der Waals surface area contributed by atoms with Crippen molar-refractivity contribution >= 4 is 17.4 Å². The van der Waals surface area contributed by atoms with Crippen LogP contribution in [0.1, 0.15) is 43.9 Å². The van der Waals surface area contributed by atoms with E-state index in [1.807, 2.05) is 32.8 Å². The number of rotatable bonds is 14. The highest BCUT2D eigenvalue weighted by Gasteiger charge is 2.46. The predicted octanol–water partition coefficient (Wildman–Crippen LogP) is 4.81. The summed E-state index contributed by atoms with van der Waals surface area (Å²) in [5.41, 5.74) is 1.12. The Morgan fingerprint density at radius 1 is 1.05 bits per heavy atom. The molecule has 204 valence electrons. The second kappa shape index (κ2) is 13.7. The van der Waals surface area contributed by atoms with Gasteiger partial charge in [-0.1, -0.05) is 25.6 Å². The lowest BCUT2D eigenvalue weighted by molar-refractivity contribution is -0.139. The van der Waals surface area contributed by atoms with Gasteiger partial charge in [0.2, 0.25) is 0 Å². The van der Waals surface area contributed by atoms with E-state index >= 15 is 0 Å². The van der Waals surface area contributed by atoms with Gasteiger partial charge in [-0.15, -0.1) is 0 Å². The summed E-state index contributed by atoms with van der Waals surface area (Å²) in [6.45, 7) is 9.96. The number of Topliss-reactive ketones (excluding diaryl/α,β-unsaturated/α-hetero) is 1. The molecular formula is C30H38N2O6. The van der Waals surface area contributed by atoms with E-state index in [0.717, 1.165) is 13.0 Å². The number of benzene rings is 2. The van der Waals surface area contributed by atoms with Gasteiger partial charge in [0.1, 0.15) is 18.1 Å². The Hall–Kier alpha value is -3.78. The summed E-state index contributed by atoms with van der Waals surface area (Å²) in [7, 11) is 3.91. The number of hydrogen-bond acceptors (Lipinski definition) is 7. The largest absolute Gasteiger partial charge is 0.507 e. The molecule has 1 heterocycles. The Balaban J connectivity index is 2.09. The zero-order chi connectivity index (χ0) is 27.7. The molecule has 8 heteroatoms. The quantitative estimate of drug-likeness (QED) is 0.165. The molecule has 0 radical (unpaired) electrons. The van der Waals surface area contributed by atoms with E-state index in [1.165, 1.54) is 4.90 Å². The maximum Gasteiger partial charge on any atom is 0.295 e. The van der Waals surface area contributed by atoms with Crippen molar-refractivity contribution in [1.82, 2.24) is 9.80 Å². The number of aliphatic hydroxyl groups is 1. The number of amides is 1. The van der Waals surface area contributed by atoms with Gasteiger partial charge < -0.3 is 29.1 Å². The summed E-state index contributed by atoms with van der Waals surface area (Å²) in [4.78, 5) is 30.1. The molecule has 1 N–H and O–H groups in total. The molecule has 1 unspecified atom stereocenters. The van der Waals surface area contributed by atoms with Crippen LogP contribution < -0.4 is 14.2 Å². The van der Waals surface area contributed by atoms with Gasteiger partial charge in [-0.05, 0) is 82.4 Å². The summed E-state index contributed by atoms with van der Waals surface area (Å²) in [6.07, 6.45) is 3.18. The molecule has 2 aromatic carbocycles. The fourth-order valence-electron chi connectivity index (χ4n) is 4.33. The van der Waals surface area contributed by atoms with Crippen LogP contribution in [0.15, 0.2) is 60.7 Å². The summed E-state index contributed by atoms with van der Waals surface area (Å²) in [6, 6.07) is 11.4. The Labute approximate surface area is 225 Å². The van der Waals surface area contributed by atoms with Crippen molar-refractivity contribution in [2.45, 2.75) is 32.7 Å². The standard InChI is InChI=1S/C30H38N2O6/c1-6-18-37-23-13-10-21(11-14-23)28(33)26-27(32(30(35)29(26)34)17-9-16-31(4)5)22-12-15-24(38-19-7-2)25(20-22)36-8-3/h7,10-15,20,27,33H,2,6,8-9,16-19H2,1,3-5H3. The van der Waals surface area contributed by atoms with Crippen molar-refractivity contribution in [3.05, 3.63) is 71.8 Å². The van der Waals surface area contributed by atoms with Gasteiger partial charge in [-0.3, -0.25) is 9.59 Å². The van der Waals surface area contributed by atoms with E-state index in [-0.39, 0.29) is 11.3 Å². The lowest BCUT2D eigenvalue weighted by Gasteiger charge is -2.26. The number of carbonyl (C=O) groups is 2. The van der Waals surface area contributed by atoms with E-state index in [4.69, 9.17) is 14.2 Å². The van der Waals surface area contributed by atoms with Gasteiger partial charge >= 0.3 is 0 Å². The minimum atomic E-state index is -0.777. The monoisotopic (exact) mass is 522 g/mol. The lowest BCUT2D eigenvalue weighted by Crippen LogP contribution is -2.32. The minimum absolute atomic E-state index is 0.0456. The molecule has 1 aliphatic heterocycles. The maximum absolute atomic E-state index is 13.3. The zero-order valence-electron chi connectivity index (χ0n) is 22.7. The number of nitrogens with zero attached hydrogens (tertiary/aromatic N) is 2. The van der Waals surface area contributed by atoms with Crippen LogP contribution in [0.2, 0.25) is 0 Å². The van der Waals surface area contributed by atoms with Crippen molar-refractivity contribution < 1.29 is 28.9 Å². The molecule has 1 amide bonds. The second-order valence-corrected chi connectivity index (χ2v) is 9.26. The van der Waals surface area contributed by atoms with Gasteiger partial charge in [0.05, 0.1) is 24.8 Å². The number of carbonyl (C=O) groups excluding carboxylic acids is 2. The second-order valence-electron chi connectivity index (χ2n) is 9.26. The van der Waals surface area contributed by atoms with Crippen molar-refractivity contribution in [2.75, 3.05) is 47.0 Å². The predicted molar refractivity (Wildman–Crippen MR) is 148 cm³/mol. The van der Waals surface area contributed by atoms with Crippen LogP contribution >= 0.6 is 0 Å². The molecule has 1 atom stereocenters. The molecule has 1 fully saturated rings. The number of hydrogen-bond donors (Lipinski definition) is 1. The van der Waals surface area contributed by atoms with Gasteiger partial charge in [0.25, 0.3) is 11.7 Å². The van der Waals surface area contributed by atoms with Crippen molar-refractivity contribution in [3.8, 4) is 17.2 Å². The Morgan fingerprint density at radius 2 is 1.79 bits per heavy atom. The molecular weight excluding hydrogens is 484 g/mol. The Kier molecular flexibility index (Phi) is 10.4. The van der Waals surface area contributed by atoms with Crippen LogP contribution in [-0.2, 0) is 9.59 Å². The molecule has 2 aromatic rings. The number of likely N-dealkylation sites (tertiary alicyclic amines) is 1. The van der Waals surface area contributed by atoms with Crippen LogP contribution in [0.3, 0.4) is 0 Å². The fourth-order valence-corrected chi connectivity index (χ4v) is 4.33. The summed E-state index contributed by atoms with van der Waals surface area (Å²) in [5, 5.41) is 11.3. The van der Waals surface area contributed by atoms with Crippen LogP contribution in [0.4, 0.5) is 0 Å². The highest BCUT2D eigenvalue weighted by atomic mass is 16.5. The summed E-state index contributed by atoms with van der Waals surface area (Å²) >= 11 is 0. The first-order valence-corrected chi connectivity index (χ1v) is 13.0. The first-order chi connectivity index (χ1) is 18.3. The smallest absolute Gasteiger partial charge is 0.295 e. The lowest BCUT2D eigenvalue weighted by atomic mass is 9.95. The van der Waals surface area contributed by atoms with Gasteiger partial charge in [-0.2, -0.15) is 0 Å². The molecule has 1 saturated heterocycles. The molecule has 0 aliphatic carbocycles. The fraction of sp³-hybridized carbons (Fsp3) is 0.400. The normalized spacial score (nSPS) is 16.7. The zero-order valence-corrected chi connectivity index (χ0v) is 22.7. The third-order valence-electron chi connectivity index (χ3n) is 6.08. The van der Waals surface area contributed by atoms with E-state index in [1.54, 1.807) is 48.5 Å². The van der Waals surface area contributed by atoms with E-state index in [0.29, 0.717) is 61.2 Å². The van der Waals surface area contributed by atoms with Crippen LogP contribution in [0.25, 0.3) is 5.76 Å². The summed E-state index contributed by atoms with van der Waals surface area (Å²) in [5.74, 6) is 0.110. The number of ether oxygens (including phenoxy) is 3. The molecule has 0 saturated carbocycles. The first kappa shape index (κ1) is 28.8. The van der Waals surface area contributed by atoms with Gasteiger partial charge in [0.15, 0.2) is 11.5 Å². The highest BCUT2D eigenvalue weighted by Crippen LogP contribution is 2.42. The topological polar surface area (TPSA) is 88.5 Å². The van der Waals surface area contributed by atoms with Crippen LogP contribution in [0.5, 0.6) is 17.2 Å². The number of aliphatic hydroxyl groups excluding tert-OH is 1. The van der Waals surface area contributed by atoms with Gasteiger partial charge in [0, 0.05) is 12.1 Å². The molecule has 0 bridgehead atoms. The van der Waals surface area contributed by atoms with Crippen molar-refractivity contribution in [3.63, 3.8) is 0 Å². The average Bonchev–Trinajstić information content (AvgIpc) is 3.16. The SMILES string of the molecule is C=CCOc1ccc(C2C(=C(O)c3ccc(OCCC)cc3)C(=O)C(=O)N2CCCN(C)C)cc1OCC. The van der Waals surface area contributed by atoms with Crippen molar-refractivity contribution in [2.24, 2.45) is 0 Å². The van der Waals surface area contributed by atoms with E-state index in [9.17, 15) is 14.7 Å². The van der Waals surface area contributed by atoms with Crippen molar-refractivity contribution in [1.29, 1.82) is 0 Å². The van der Waals surface area contributed by atoms with Crippen LogP contribution in [-0.4, -0.2) is 73.6 Å². The maximum atomic E-state index is 13.3. The van der Waals surface area contributed by atoms with E-state index < -0.39 is 17.7 Å². The first-order valence-electron chi connectivity index (χ1n) is 13.0. The van der Waals surface area contributed by atoms with Gasteiger partial charge in [-0.25, -0.2) is 0 Å². The number of ketones is 1. The molecule has 3 rings (SSSR count).